The number of hydrogen-bond acceptors (Lipinski definition) is 1. The van der Waals surface area contributed by atoms with Crippen molar-refractivity contribution >= 4 is 15.9 Å². The van der Waals surface area contributed by atoms with Gasteiger partial charge in [-0.05, 0) is 24.2 Å². The van der Waals surface area contributed by atoms with Crippen LogP contribution >= 0.6 is 15.9 Å². The van der Waals surface area contributed by atoms with Gasteiger partial charge in [0.25, 0.3) is 0 Å². The third kappa shape index (κ3) is 3.04. The monoisotopic (exact) mass is 212 g/mol. The van der Waals surface area contributed by atoms with Gasteiger partial charge >= 0.3 is 0 Å². The van der Waals surface area contributed by atoms with Gasteiger partial charge < -0.3 is 5.32 Å². The van der Waals surface area contributed by atoms with Crippen molar-refractivity contribution in [1.82, 2.24) is 5.32 Å². The van der Waals surface area contributed by atoms with Crippen molar-refractivity contribution in [3.8, 4) is 0 Å². The predicted molar refractivity (Wildman–Crippen MR) is 51.2 cm³/mol. The Hall–Kier alpha value is -0.340. The van der Waals surface area contributed by atoms with Crippen LogP contribution in [0.25, 0.3) is 0 Å². The largest absolute Gasteiger partial charge is 0.309 e. The minimum Gasteiger partial charge on any atom is -0.309 e. The van der Waals surface area contributed by atoms with E-state index in [2.05, 4.69) is 40.3 Å². The maximum atomic E-state index is 3.41. The van der Waals surface area contributed by atoms with Crippen LogP contribution in [0, 0.1) is 6.54 Å². The van der Waals surface area contributed by atoms with E-state index in [-0.39, 0.29) is 0 Å². The molecule has 1 radical (unpaired) electrons. The van der Waals surface area contributed by atoms with E-state index in [1.54, 1.807) is 0 Å². The molecule has 0 spiro atoms. The van der Waals surface area contributed by atoms with Gasteiger partial charge in [0.1, 0.15) is 0 Å². The molecule has 0 aromatic heterocycles. The molecular weight excluding hydrogens is 202 g/mol. The van der Waals surface area contributed by atoms with Crippen LogP contribution in [0.5, 0.6) is 0 Å². The Bertz CT molecular complexity index is 223. The molecule has 2 heteroatoms. The zero-order valence-corrected chi connectivity index (χ0v) is 8.06. The second-order valence-corrected chi connectivity index (χ2v) is 3.17. The van der Waals surface area contributed by atoms with Gasteiger partial charge in [0.05, 0.1) is 6.54 Å². The highest BCUT2D eigenvalue weighted by Gasteiger charge is 1.91. The molecule has 0 aliphatic heterocycles. The van der Waals surface area contributed by atoms with Crippen LogP contribution in [-0.4, -0.2) is 6.54 Å². The van der Waals surface area contributed by atoms with Gasteiger partial charge in [0, 0.05) is 4.47 Å². The lowest BCUT2D eigenvalue weighted by atomic mass is 10.2. The number of halogens is 1. The molecule has 1 N–H and O–H groups in total. The van der Waals surface area contributed by atoms with E-state index in [9.17, 15) is 0 Å². The molecule has 1 aromatic rings. The normalized spacial score (nSPS) is 10.0. The number of benzene rings is 1. The fraction of sp³-hybridized carbons (Fsp3) is 0.222. The summed E-state index contributed by atoms with van der Waals surface area (Å²) in [5.41, 5.74) is 1.20. The zero-order chi connectivity index (χ0) is 8.10. The zero-order valence-electron chi connectivity index (χ0n) is 6.47. The summed E-state index contributed by atoms with van der Waals surface area (Å²) < 4.78 is 1.11. The summed E-state index contributed by atoms with van der Waals surface area (Å²) in [6, 6.07) is 8.17. The first-order chi connectivity index (χ1) is 5.33. The van der Waals surface area contributed by atoms with E-state index >= 15 is 0 Å². The van der Waals surface area contributed by atoms with E-state index in [1.807, 2.05) is 18.7 Å². The highest BCUT2D eigenvalue weighted by Crippen LogP contribution is 2.11. The van der Waals surface area contributed by atoms with Crippen LogP contribution < -0.4 is 5.32 Å². The van der Waals surface area contributed by atoms with Crippen molar-refractivity contribution in [2.24, 2.45) is 0 Å². The molecular formula is C9H11BrN. The minimum absolute atomic E-state index is 0.965. The fourth-order valence-corrected chi connectivity index (χ4v) is 1.23. The molecule has 1 nitrogen and oxygen atoms in total. The third-order valence-electron chi connectivity index (χ3n) is 1.32. The Kier molecular flexibility index (Phi) is 3.60. The SMILES string of the molecule is CCN[CH]c1cccc(Br)c1. The van der Waals surface area contributed by atoms with Crippen molar-refractivity contribution in [2.75, 3.05) is 6.54 Å². The lowest BCUT2D eigenvalue weighted by molar-refractivity contribution is 0.863. The second kappa shape index (κ2) is 4.52. The molecule has 0 heterocycles. The van der Waals surface area contributed by atoms with E-state index in [0.717, 1.165) is 11.0 Å². The van der Waals surface area contributed by atoms with Gasteiger partial charge in [-0.25, -0.2) is 0 Å². The van der Waals surface area contributed by atoms with Crippen LogP contribution in [0.3, 0.4) is 0 Å². The van der Waals surface area contributed by atoms with E-state index < -0.39 is 0 Å². The summed E-state index contributed by atoms with van der Waals surface area (Å²) in [4.78, 5) is 0. The average molecular weight is 213 g/mol. The number of nitrogens with one attached hydrogen (secondary N) is 1. The smallest absolute Gasteiger partial charge is 0.0518 e. The molecule has 0 atom stereocenters. The van der Waals surface area contributed by atoms with Crippen molar-refractivity contribution in [2.45, 2.75) is 6.92 Å². The Morgan fingerprint density at radius 2 is 2.36 bits per heavy atom. The first-order valence-corrected chi connectivity index (χ1v) is 4.44. The highest BCUT2D eigenvalue weighted by atomic mass is 79.9. The number of rotatable bonds is 3. The van der Waals surface area contributed by atoms with E-state index in [1.165, 1.54) is 5.56 Å². The Morgan fingerprint density at radius 1 is 1.55 bits per heavy atom. The topological polar surface area (TPSA) is 12.0 Å². The number of hydrogen-bond donors (Lipinski definition) is 1. The molecule has 0 aliphatic carbocycles. The summed E-state index contributed by atoms with van der Waals surface area (Å²) in [7, 11) is 0. The molecule has 0 aliphatic rings. The van der Waals surface area contributed by atoms with Crippen LogP contribution in [-0.2, 0) is 0 Å². The second-order valence-electron chi connectivity index (χ2n) is 2.26. The van der Waals surface area contributed by atoms with Crippen molar-refractivity contribution in [3.05, 3.63) is 40.8 Å². The lowest BCUT2D eigenvalue weighted by Gasteiger charge is -2.00. The predicted octanol–water partition coefficient (Wildman–Crippen LogP) is 2.57. The maximum absolute atomic E-state index is 3.41. The van der Waals surface area contributed by atoms with E-state index in [0.29, 0.717) is 0 Å². The summed E-state index contributed by atoms with van der Waals surface area (Å²) in [5.74, 6) is 0. The van der Waals surface area contributed by atoms with Gasteiger partial charge in [-0.2, -0.15) is 0 Å². The molecule has 1 aromatic carbocycles. The summed E-state index contributed by atoms with van der Waals surface area (Å²) in [6.45, 7) is 5.05. The van der Waals surface area contributed by atoms with Gasteiger partial charge in [-0.15, -0.1) is 0 Å². The molecule has 59 valence electrons. The lowest BCUT2D eigenvalue weighted by Crippen LogP contribution is -2.08. The Labute approximate surface area is 75.9 Å². The first kappa shape index (κ1) is 8.75. The molecule has 0 saturated heterocycles. The summed E-state index contributed by atoms with van der Waals surface area (Å²) >= 11 is 3.41. The Balaban J connectivity index is 2.56. The van der Waals surface area contributed by atoms with Crippen LogP contribution in [0.2, 0.25) is 0 Å². The minimum atomic E-state index is 0.965. The Morgan fingerprint density at radius 3 is 3.00 bits per heavy atom. The van der Waals surface area contributed by atoms with Crippen molar-refractivity contribution < 1.29 is 0 Å². The average Bonchev–Trinajstić information content (AvgIpc) is 2.01. The molecule has 1 rings (SSSR count). The standard InChI is InChI=1S/C9H11BrN/c1-2-11-7-8-4-3-5-9(10)6-8/h3-7,11H,2H2,1H3. The summed E-state index contributed by atoms with van der Waals surface area (Å²) in [5, 5.41) is 3.15. The van der Waals surface area contributed by atoms with Gasteiger partial charge in [0.2, 0.25) is 0 Å². The molecule has 11 heavy (non-hydrogen) atoms. The molecule has 0 amide bonds. The van der Waals surface area contributed by atoms with Crippen LogP contribution in [0.4, 0.5) is 0 Å². The molecule has 0 bridgehead atoms. The third-order valence-corrected chi connectivity index (χ3v) is 1.81. The van der Waals surface area contributed by atoms with Gasteiger partial charge in [-0.3, -0.25) is 0 Å². The van der Waals surface area contributed by atoms with Crippen molar-refractivity contribution in [1.29, 1.82) is 0 Å². The van der Waals surface area contributed by atoms with Crippen LogP contribution in [0.15, 0.2) is 28.7 Å². The van der Waals surface area contributed by atoms with Crippen molar-refractivity contribution in [3.63, 3.8) is 0 Å². The molecule has 0 saturated carbocycles. The summed E-state index contributed by atoms with van der Waals surface area (Å²) in [6.07, 6.45) is 0. The van der Waals surface area contributed by atoms with Crippen LogP contribution in [0.1, 0.15) is 12.5 Å². The molecule has 0 unspecified atom stereocenters. The highest BCUT2D eigenvalue weighted by molar-refractivity contribution is 9.10. The fourth-order valence-electron chi connectivity index (χ4n) is 0.816. The molecule has 0 fully saturated rings. The first-order valence-electron chi connectivity index (χ1n) is 3.65. The quantitative estimate of drug-likeness (QED) is 0.813. The van der Waals surface area contributed by atoms with E-state index in [4.69, 9.17) is 0 Å². The van der Waals surface area contributed by atoms with Gasteiger partial charge in [0.15, 0.2) is 0 Å². The maximum Gasteiger partial charge on any atom is 0.0518 e. The van der Waals surface area contributed by atoms with Gasteiger partial charge in [-0.1, -0.05) is 35.0 Å².